The Bertz CT molecular complexity index is 728. The number of furan rings is 1. The van der Waals surface area contributed by atoms with E-state index in [1.807, 2.05) is 24.8 Å². The Morgan fingerprint density at radius 3 is 2.83 bits per heavy atom. The minimum absolute atomic E-state index is 0.153. The van der Waals surface area contributed by atoms with Crippen molar-refractivity contribution < 1.29 is 9.21 Å². The van der Waals surface area contributed by atoms with E-state index in [0.717, 1.165) is 5.56 Å². The van der Waals surface area contributed by atoms with Crippen molar-refractivity contribution in [1.29, 1.82) is 5.26 Å². The maximum Gasteiger partial charge on any atom is 0.255 e. The van der Waals surface area contributed by atoms with Gasteiger partial charge in [0, 0.05) is 25.2 Å². The molecular formula is C15H17ClN4O2S. The Labute approximate surface area is 143 Å². The maximum atomic E-state index is 12.2. The van der Waals surface area contributed by atoms with Crippen LogP contribution in [-0.4, -0.2) is 30.5 Å². The molecule has 0 aromatic carbocycles. The third-order valence-corrected chi connectivity index (χ3v) is 4.70. The second-order valence-electron chi connectivity index (χ2n) is 4.92. The summed E-state index contributed by atoms with van der Waals surface area (Å²) in [7, 11) is 0. The molecule has 0 saturated heterocycles. The second-order valence-corrected chi connectivity index (χ2v) is 6.50. The molecule has 6 nitrogen and oxygen atoms in total. The predicted octanol–water partition coefficient (Wildman–Crippen LogP) is 3.13. The third-order valence-electron chi connectivity index (χ3n) is 3.39. The number of thiazole rings is 1. The highest BCUT2D eigenvalue weighted by molar-refractivity contribution is 7.19. The van der Waals surface area contributed by atoms with Crippen LogP contribution in [0.1, 0.15) is 34.3 Å². The van der Waals surface area contributed by atoms with Crippen LogP contribution in [0.2, 0.25) is 4.34 Å². The standard InChI is InChI=1S/C15H17ClN4O2S/c1-4-20(15-19-11(7-17)13(16)23-15)6-5-18-14(21)12-9(2)8-22-10(12)3/h8H,4-6H2,1-3H3,(H,18,21). The molecule has 0 radical (unpaired) electrons. The lowest BCUT2D eigenvalue weighted by Crippen LogP contribution is -2.35. The predicted molar refractivity (Wildman–Crippen MR) is 90.2 cm³/mol. The van der Waals surface area contributed by atoms with E-state index in [0.29, 0.717) is 40.4 Å². The van der Waals surface area contributed by atoms with E-state index < -0.39 is 0 Å². The van der Waals surface area contributed by atoms with Crippen LogP contribution in [0.15, 0.2) is 10.7 Å². The van der Waals surface area contributed by atoms with Gasteiger partial charge in [-0.05, 0) is 20.8 Å². The average molecular weight is 353 g/mol. The number of hydrogen-bond acceptors (Lipinski definition) is 6. The molecule has 0 bridgehead atoms. The van der Waals surface area contributed by atoms with Crippen molar-refractivity contribution in [3.05, 3.63) is 33.2 Å². The molecule has 0 spiro atoms. The lowest BCUT2D eigenvalue weighted by atomic mass is 10.1. The summed E-state index contributed by atoms with van der Waals surface area (Å²) in [5, 5.41) is 12.5. The molecular weight excluding hydrogens is 336 g/mol. The smallest absolute Gasteiger partial charge is 0.255 e. The Hall–Kier alpha value is -2.04. The monoisotopic (exact) mass is 352 g/mol. The SMILES string of the molecule is CCN(CCNC(=O)c1c(C)coc1C)c1nc(C#N)c(Cl)s1. The first kappa shape index (κ1) is 17.3. The molecule has 8 heteroatoms. The van der Waals surface area contributed by atoms with Crippen molar-refractivity contribution in [3.8, 4) is 6.07 Å². The van der Waals surface area contributed by atoms with Crippen LogP contribution in [0.3, 0.4) is 0 Å². The first-order valence-corrected chi connectivity index (χ1v) is 8.31. The summed E-state index contributed by atoms with van der Waals surface area (Å²) in [5.74, 6) is 0.456. The number of anilines is 1. The van der Waals surface area contributed by atoms with E-state index in [9.17, 15) is 4.79 Å². The Kier molecular flexibility index (Phi) is 5.64. The van der Waals surface area contributed by atoms with E-state index in [1.54, 1.807) is 13.2 Å². The van der Waals surface area contributed by atoms with Crippen molar-refractivity contribution in [1.82, 2.24) is 10.3 Å². The molecule has 0 aliphatic carbocycles. The number of hydrogen-bond donors (Lipinski definition) is 1. The van der Waals surface area contributed by atoms with E-state index in [4.69, 9.17) is 21.3 Å². The van der Waals surface area contributed by atoms with E-state index >= 15 is 0 Å². The van der Waals surface area contributed by atoms with Gasteiger partial charge in [-0.1, -0.05) is 22.9 Å². The average Bonchev–Trinajstić information content (AvgIpc) is 3.06. The first-order chi connectivity index (χ1) is 11.0. The van der Waals surface area contributed by atoms with Crippen molar-refractivity contribution in [2.45, 2.75) is 20.8 Å². The van der Waals surface area contributed by atoms with Gasteiger partial charge in [0.2, 0.25) is 0 Å². The number of carbonyl (C=O) groups excluding carboxylic acids is 1. The van der Waals surface area contributed by atoms with Crippen molar-refractivity contribution >= 4 is 34.0 Å². The van der Waals surface area contributed by atoms with E-state index in [1.165, 1.54) is 11.3 Å². The highest BCUT2D eigenvalue weighted by Crippen LogP contribution is 2.29. The van der Waals surface area contributed by atoms with Gasteiger partial charge in [0.15, 0.2) is 10.8 Å². The van der Waals surface area contributed by atoms with Crippen molar-refractivity contribution in [2.24, 2.45) is 0 Å². The van der Waals surface area contributed by atoms with Crippen molar-refractivity contribution in [3.63, 3.8) is 0 Å². The fourth-order valence-corrected chi connectivity index (χ4v) is 3.31. The quantitative estimate of drug-likeness (QED) is 0.863. The number of halogens is 1. The molecule has 1 amide bonds. The largest absolute Gasteiger partial charge is 0.469 e. The molecule has 23 heavy (non-hydrogen) atoms. The van der Waals surface area contributed by atoms with Crippen LogP contribution < -0.4 is 10.2 Å². The maximum absolute atomic E-state index is 12.2. The van der Waals surface area contributed by atoms with Gasteiger partial charge in [0.1, 0.15) is 16.2 Å². The molecule has 0 aliphatic heterocycles. The zero-order chi connectivity index (χ0) is 17.0. The minimum atomic E-state index is -0.153. The van der Waals surface area contributed by atoms with Crippen LogP contribution >= 0.6 is 22.9 Å². The molecule has 2 heterocycles. The number of nitrogens with zero attached hydrogens (tertiary/aromatic N) is 3. The lowest BCUT2D eigenvalue weighted by molar-refractivity contribution is 0.0952. The summed E-state index contributed by atoms with van der Waals surface area (Å²) in [5.41, 5.74) is 1.63. The molecule has 0 fully saturated rings. The fourth-order valence-electron chi connectivity index (χ4n) is 2.19. The van der Waals surface area contributed by atoms with Crippen LogP contribution in [0, 0.1) is 25.2 Å². The van der Waals surface area contributed by atoms with Crippen LogP contribution in [-0.2, 0) is 0 Å². The zero-order valence-electron chi connectivity index (χ0n) is 13.1. The Morgan fingerprint density at radius 2 is 2.30 bits per heavy atom. The summed E-state index contributed by atoms with van der Waals surface area (Å²) < 4.78 is 5.62. The minimum Gasteiger partial charge on any atom is -0.469 e. The molecule has 1 N–H and O–H groups in total. The molecule has 0 atom stereocenters. The molecule has 2 aromatic heterocycles. The number of carbonyl (C=O) groups is 1. The normalized spacial score (nSPS) is 10.4. The molecule has 0 unspecified atom stereocenters. The molecule has 122 valence electrons. The topological polar surface area (TPSA) is 82.2 Å². The number of likely N-dealkylation sites (N-methyl/N-ethyl adjacent to an activating group) is 1. The van der Waals surface area contributed by atoms with Gasteiger partial charge in [0.25, 0.3) is 5.91 Å². The number of rotatable bonds is 6. The molecule has 0 aliphatic rings. The molecule has 0 saturated carbocycles. The highest BCUT2D eigenvalue weighted by Gasteiger charge is 2.17. The van der Waals surface area contributed by atoms with Gasteiger partial charge in [-0.2, -0.15) is 5.26 Å². The van der Waals surface area contributed by atoms with Crippen molar-refractivity contribution in [2.75, 3.05) is 24.5 Å². The summed E-state index contributed by atoms with van der Waals surface area (Å²) >= 11 is 7.22. The number of nitriles is 1. The number of aryl methyl sites for hydroxylation is 2. The van der Waals surface area contributed by atoms with Gasteiger partial charge in [-0.15, -0.1) is 0 Å². The van der Waals surface area contributed by atoms with Gasteiger partial charge in [-0.25, -0.2) is 4.98 Å². The van der Waals surface area contributed by atoms with E-state index in [-0.39, 0.29) is 11.6 Å². The second kappa shape index (κ2) is 7.49. The van der Waals surface area contributed by atoms with Gasteiger partial charge >= 0.3 is 0 Å². The number of amides is 1. The summed E-state index contributed by atoms with van der Waals surface area (Å²) in [6.07, 6.45) is 1.57. The fraction of sp³-hybridized carbons (Fsp3) is 0.400. The van der Waals surface area contributed by atoms with E-state index in [2.05, 4.69) is 10.3 Å². The highest BCUT2D eigenvalue weighted by atomic mass is 35.5. The Morgan fingerprint density at radius 1 is 1.57 bits per heavy atom. The van der Waals surface area contributed by atoms with Crippen LogP contribution in [0.25, 0.3) is 0 Å². The van der Waals surface area contributed by atoms with Crippen LogP contribution in [0.5, 0.6) is 0 Å². The Balaban J connectivity index is 1.96. The van der Waals surface area contributed by atoms with Crippen LogP contribution in [0.4, 0.5) is 5.13 Å². The number of nitrogens with one attached hydrogen (secondary N) is 1. The van der Waals surface area contributed by atoms with Gasteiger partial charge in [0.05, 0.1) is 11.8 Å². The lowest BCUT2D eigenvalue weighted by Gasteiger charge is -2.19. The summed E-state index contributed by atoms with van der Waals surface area (Å²) in [6, 6.07) is 1.96. The number of aromatic nitrogens is 1. The van der Waals surface area contributed by atoms with Gasteiger partial charge < -0.3 is 14.6 Å². The third kappa shape index (κ3) is 3.84. The first-order valence-electron chi connectivity index (χ1n) is 7.12. The molecule has 2 rings (SSSR count). The summed E-state index contributed by atoms with van der Waals surface area (Å²) in [4.78, 5) is 18.4. The summed E-state index contributed by atoms with van der Waals surface area (Å²) in [6.45, 7) is 7.32. The molecule has 2 aromatic rings. The van der Waals surface area contributed by atoms with Gasteiger partial charge in [-0.3, -0.25) is 4.79 Å². The zero-order valence-corrected chi connectivity index (χ0v) is 14.7.